The molecule has 3 aromatic carbocycles. The second-order valence-corrected chi connectivity index (χ2v) is 9.74. The first kappa shape index (κ1) is 21.5. The largest absolute Gasteiger partial charge is 0.244 e. The van der Waals surface area contributed by atoms with Crippen LogP contribution in [0, 0.1) is 0 Å². The fraction of sp³-hybridized carbons (Fsp3) is 0. The van der Waals surface area contributed by atoms with Gasteiger partial charge in [0.25, 0.3) is 0 Å². The van der Waals surface area contributed by atoms with Gasteiger partial charge >= 0.3 is 0 Å². The van der Waals surface area contributed by atoms with Crippen molar-refractivity contribution in [1.82, 2.24) is 9.97 Å². The summed E-state index contributed by atoms with van der Waals surface area (Å²) in [5, 5.41) is 18.8. The Kier molecular flexibility index (Phi) is 5.50. The smallest absolute Gasteiger partial charge is 0.238 e. The zero-order valence-corrected chi connectivity index (χ0v) is 18.2. The lowest BCUT2D eigenvalue weighted by atomic mass is 10.0. The topological polar surface area (TPSA) is 169 Å². The summed E-state index contributed by atoms with van der Waals surface area (Å²) in [5.41, 5.74) is 3.56. The summed E-state index contributed by atoms with van der Waals surface area (Å²) in [6.45, 7) is 0. The molecule has 164 valence electrons. The van der Waals surface area contributed by atoms with Crippen LogP contribution in [0.1, 0.15) is 0 Å². The van der Waals surface area contributed by atoms with Crippen LogP contribution in [0.2, 0.25) is 0 Å². The SMILES string of the molecule is NOOSc1cc2c3c(cc(S(N)(=O)=O)cc3c1)-c1nc3ccc(SOOO)cc3nc1-2. The second kappa shape index (κ2) is 8.20. The fourth-order valence-corrected chi connectivity index (χ4v) is 5.05. The van der Waals surface area contributed by atoms with Crippen molar-refractivity contribution in [3.05, 3.63) is 42.5 Å². The van der Waals surface area contributed by atoms with Gasteiger partial charge < -0.3 is 0 Å². The van der Waals surface area contributed by atoms with Gasteiger partial charge in [-0.1, -0.05) is 5.04 Å². The molecular formula is C18H12N4O7S3. The zero-order chi connectivity index (χ0) is 22.5. The van der Waals surface area contributed by atoms with Gasteiger partial charge in [0.1, 0.15) is 0 Å². The lowest BCUT2D eigenvalue weighted by Gasteiger charge is -2.07. The van der Waals surface area contributed by atoms with Crippen molar-refractivity contribution in [3.8, 4) is 22.5 Å². The summed E-state index contributed by atoms with van der Waals surface area (Å²) in [7, 11) is -3.97. The average molecular weight is 493 g/mol. The van der Waals surface area contributed by atoms with Gasteiger partial charge in [0.05, 0.1) is 51.4 Å². The van der Waals surface area contributed by atoms with Crippen LogP contribution in [0.4, 0.5) is 0 Å². The zero-order valence-electron chi connectivity index (χ0n) is 15.7. The van der Waals surface area contributed by atoms with Crippen molar-refractivity contribution < 1.29 is 32.4 Å². The molecule has 0 aliphatic heterocycles. The van der Waals surface area contributed by atoms with E-state index in [1.54, 1.807) is 24.3 Å². The summed E-state index contributed by atoms with van der Waals surface area (Å²) in [6.07, 6.45) is 0. The lowest BCUT2D eigenvalue weighted by molar-refractivity contribution is -0.432. The standard InChI is InChI=1S/C18H12N4O7S3/c19-26-28-31-10-3-8-4-11(32(20,24)25)7-13-16(8)12(5-10)17-18(13)21-14-2-1-9(30-29-27-23)6-15(14)22-17/h1-7,23H,19H2,(H2,20,24,25). The number of primary sulfonamides is 1. The van der Waals surface area contributed by atoms with Gasteiger partial charge in [0.2, 0.25) is 10.0 Å². The first-order chi connectivity index (χ1) is 15.4. The Balaban J connectivity index is 1.77. The summed E-state index contributed by atoms with van der Waals surface area (Å²) in [4.78, 5) is 14.8. The van der Waals surface area contributed by atoms with Crippen LogP contribution >= 0.6 is 24.1 Å². The molecule has 0 unspecified atom stereocenters. The van der Waals surface area contributed by atoms with E-state index >= 15 is 0 Å². The predicted octanol–water partition coefficient (Wildman–Crippen LogP) is 3.34. The number of aromatic nitrogens is 2. The van der Waals surface area contributed by atoms with E-state index in [0.29, 0.717) is 43.2 Å². The van der Waals surface area contributed by atoms with Gasteiger partial charge in [-0.15, -0.1) is 13.7 Å². The molecule has 0 radical (unpaired) electrons. The molecule has 0 bridgehead atoms. The van der Waals surface area contributed by atoms with Gasteiger partial charge in [-0.05, 0) is 47.9 Å². The maximum absolute atomic E-state index is 12.1. The van der Waals surface area contributed by atoms with Gasteiger partial charge in [-0.2, -0.15) is 5.90 Å². The minimum atomic E-state index is -3.97. The molecule has 0 saturated carbocycles. The Hall–Kier alpha value is -2.37. The summed E-state index contributed by atoms with van der Waals surface area (Å²) in [5.74, 6) is 4.94. The molecule has 1 aromatic heterocycles. The first-order valence-corrected chi connectivity index (χ1v) is 11.7. The van der Waals surface area contributed by atoms with E-state index in [4.69, 9.17) is 30.6 Å². The lowest BCUT2D eigenvalue weighted by Crippen LogP contribution is -2.12. The third-order valence-electron chi connectivity index (χ3n) is 4.80. The van der Waals surface area contributed by atoms with Crippen LogP contribution in [0.25, 0.3) is 44.3 Å². The molecule has 0 amide bonds. The highest BCUT2D eigenvalue weighted by Crippen LogP contribution is 2.48. The van der Waals surface area contributed by atoms with E-state index in [0.717, 1.165) is 35.0 Å². The van der Waals surface area contributed by atoms with Crippen LogP contribution < -0.4 is 11.0 Å². The van der Waals surface area contributed by atoms with Crippen molar-refractivity contribution in [2.75, 3.05) is 0 Å². The van der Waals surface area contributed by atoms with Crippen LogP contribution in [0.3, 0.4) is 0 Å². The molecule has 5 rings (SSSR count). The van der Waals surface area contributed by atoms with E-state index in [-0.39, 0.29) is 4.90 Å². The molecule has 11 nitrogen and oxygen atoms in total. The number of benzene rings is 3. The van der Waals surface area contributed by atoms with Crippen molar-refractivity contribution >= 4 is 55.9 Å². The first-order valence-electron chi connectivity index (χ1n) is 8.71. The van der Waals surface area contributed by atoms with E-state index in [1.807, 2.05) is 6.07 Å². The van der Waals surface area contributed by atoms with Crippen LogP contribution in [-0.2, 0) is 28.7 Å². The monoisotopic (exact) mass is 492 g/mol. The number of rotatable bonds is 7. The van der Waals surface area contributed by atoms with Gasteiger partial charge in [-0.25, -0.2) is 28.8 Å². The maximum Gasteiger partial charge on any atom is 0.238 e. The van der Waals surface area contributed by atoms with Gasteiger partial charge in [-0.3, -0.25) is 0 Å². The normalized spacial score (nSPS) is 12.6. The Morgan fingerprint density at radius 1 is 0.875 bits per heavy atom. The number of nitrogens with zero attached hydrogens (tertiary/aromatic N) is 2. The highest BCUT2D eigenvalue weighted by atomic mass is 32.2. The molecule has 0 atom stereocenters. The second-order valence-electron chi connectivity index (χ2n) is 6.63. The molecule has 1 aliphatic carbocycles. The molecule has 32 heavy (non-hydrogen) atoms. The van der Waals surface area contributed by atoms with Crippen LogP contribution in [-0.4, -0.2) is 23.6 Å². The molecule has 4 aromatic rings. The summed E-state index contributed by atoms with van der Waals surface area (Å²) in [6, 6.07) is 11.7. The van der Waals surface area contributed by atoms with Crippen molar-refractivity contribution in [1.29, 1.82) is 0 Å². The number of hydrogen-bond acceptors (Lipinski definition) is 12. The number of sulfonamides is 1. The van der Waals surface area contributed by atoms with Crippen molar-refractivity contribution in [2.24, 2.45) is 11.0 Å². The third-order valence-corrected chi connectivity index (χ3v) is 6.84. The van der Waals surface area contributed by atoms with Crippen molar-refractivity contribution in [3.63, 3.8) is 0 Å². The summed E-state index contributed by atoms with van der Waals surface area (Å²) < 4.78 is 33.4. The molecule has 1 aliphatic rings. The molecule has 14 heteroatoms. The van der Waals surface area contributed by atoms with Crippen LogP contribution in [0.15, 0.2) is 57.2 Å². The molecule has 0 fully saturated rings. The maximum atomic E-state index is 12.1. The molecule has 5 N–H and O–H groups in total. The molecule has 0 spiro atoms. The highest BCUT2D eigenvalue weighted by Gasteiger charge is 2.28. The van der Waals surface area contributed by atoms with E-state index in [9.17, 15) is 8.42 Å². The quantitative estimate of drug-likeness (QED) is 0.172. The third kappa shape index (κ3) is 3.71. The Morgan fingerprint density at radius 3 is 2.31 bits per heavy atom. The minimum absolute atomic E-state index is 0.0493. The average Bonchev–Trinajstić information content (AvgIpc) is 3.07. The fourth-order valence-electron chi connectivity index (χ4n) is 3.62. The number of nitrogens with two attached hydrogens (primary N) is 2. The minimum Gasteiger partial charge on any atom is -0.244 e. The number of fused-ring (bicyclic) bond motifs is 4. The Morgan fingerprint density at radius 2 is 1.59 bits per heavy atom. The molecular weight excluding hydrogens is 480 g/mol. The van der Waals surface area contributed by atoms with Crippen molar-refractivity contribution in [2.45, 2.75) is 14.7 Å². The van der Waals surface area contributed by atoms with E-state index in [1.165, 1.54) is 12.1 Å². The Labute approximate surface area is 188 Å². The van der Waals surface area contributed by atoms with Gasteiger partial charge in [0.15, 0.2) is 0 Å². The highest BCUT2D eigenvalue weighted by molar-refractivity contribution is 7.94. The predicted molar refractivity (Wildman–Crippen MR) is 116 cm³/mol. The molecule has 1 heterocycles. The van der Waals surface area contributed by atoms with E-state index in [2.05, 4.69) is 14.4 Å². The number of hydrogen-bond donors (Lipinski definition) is 3. The summed E-state index contributed by atoms with van der Waals surface area (Å²) >= 11 is 1.66. The van der Waals surface area contributed by atoms with E-state index < -0.39 is 10.0 Å². The Bertz CT molecular complexity index is 1500. The van der Waals surface area contributed by atoms with Gasteiger partial charge in [0, 0.05) is 26.3 Å². The van der Waals surface area contributed by atoms with Crippen LogP contribution in [0.5, 0.6) is 0 Å². The molecule has 0 saturated heterocycles.